The number of nitrogens with zero attached hydrogens (tertiary/aromatic N) is 2. The van der Waals surface area contributed by atoms with Gasteiger partial charge in [-0.1, -0.05) is 0 Å². The molecule has 2 rings (SSSR count). The molecule has 0 spiro atoms. The molecule has 0 aromatic carbocycles. The molecule has 2 aliphatic heterocycles. The Bertz CT molecular complexity index is 227. The second kappa shape index (κ2) is 4.81. The van der Waals surface area contributed by atoms with Gasteiger partial charge in [-0.3, -0.25) is 0 Å². The first kappa shape index (κ1) is 10.7. The fourth-order valence-corrected chi connectivity index (χ4v) is 2.19. The second-order valence-corrected chi connectivity index (χ2v) is 4.43. The molecule has 5 heteroatoms. The molecular formula is C10H20N4O. The van der Waals surface area contributed by atoms with Crippen LogP contribution in [0, 0.1) is 0 Å². The summed E-state index contributed by atoms with van der Waals surface area (Å²) in [4.78, 5) is 16.0. The van der Waals surface area contributed by atoms with Crippen molar-refractivity contribution in [3.8, 4) is 0 Å². The average molecular weight is 212 g/mol. The predicted octanol–water partition coefficient (Wildman–Crippen LogP) is -0.695. The lowest BCUT2D eigenvalue weighted by atomic mass is 10.2. The first-order valence-corrected chi connectivity index (χ1v) is 5.70. The summed E-state index contributed by atoms with van der Waals surface area (Å²) in [5.41, 5.74) is 0. The third-order valence-electron chi connectivity index (χ3n) is 3.12. The fourth-order valence-electron chi connectivity index (χ4n) is 2.19. The van der Waals surface area contributed by atoms with Crippen molar-refractivity contribution in [1.29, 1.82) is 0 Å². The van der Waals surface area contributed by atoms with Gasteiger partial charge in [-0.2, -0.15) is 0 Å². The maximum absolute atomic E-state index is 11.8. The van der Waals surface area contributed by atoms with Crippen molar-refractivity contribution in [2.45, 2.75) is 12.5 Å². The molecular weight excluding hydrogens is 192 g/mol. The highest BCUT2D eigenvalue weighted by atomic mass is 16.2. The normalized spacial score (nSPS) is 28.1. The van der Waals surface area contributed by atoms with Gasteiger partial charge in [0, 0.05) is 38.8 Å². The van der Waals surface area contributed by atoms with Crippen molar-refractivity contribution >= 4 is 6.03 Å². The summed E-state index contributed by atoms with van der Waals surface area (Å²) in [6.07, 6.45) is 1.08. The monoisotopic (exact) mass is 212 g/mol. The highest BCUT2D eigenvalue weighted by Crippen LogP contribution is 2.06. The molecule has 2 fully saturated rings. The van der Waals surface area contributed by atoms with Crippen LogP contribution in [0.3, 0.4) is 0 Å². The van der Waals surface area contributed by atoms with Crippen LogP contribution in [0.25, 0.3) is 0 Å². The maximum atomic E-state index is 11.8. The molecule has 0 bridgehead atoms. The Morgan fingerprint density at radius 3 is 2.67 bits per heavy atom. The van der Waals surface area contributed by atoms with Gasteiger partial charge < -0.3 is 20.4 Å². The van der Waals surface area contributed by atoms with Gasteiger partial charge in [0.2, 0.25) is 0 Å². The molecule has 0 aromatic rings. The summed E-state index contributed by atoms with van der Waals surface area (Å²) in [6, 6.07) is 0.453. The Labute approximate surface area is 90.8 Å². The number of hydrogen-bond donors (Lipinski definition) is 2. The zero-order valence-corrected chi connectivity index (χ0v) is 9.33. The summed E-state index contributed by atoms with van der Waals surface area (Å²) >= 11 is 0. The number of carbonyl (C=O) groups is 1. The van der Waals surface area contributed by atoms with Crippen LogP contribution in [0.1, 0.15) is 6.42 Å². The van der Waals surface area contributed by atoms with Gasteiger partial charge in [0.15, 0.2) is 0 Å². The minimum Gasteiger partial charge on any atom is -0.334 e. The molecule has 2 amide bonds. The van der Waals surface area contributed by atoms with Crippen molar-refractivity contribution in [3.63, 3.8) is 0 Å². The van der Waals surface area contributed by atoms with Crippen molar-refractivity contribution in [1.82, 2.24) is 20.4 Å². The smallest absolute Gasteiger partial charge is 0.317 e. The summed E-state index contributed by atoms with van der Waals surface area (Å²) < 4.78 is 0. The standard InChI is InChI=1S/C10H20N4O/c1-13-5-2-9(8-13)12-10(15)14-6-3-11-4-7-14/h9,11H,2-8H2,1H3,(H,12,15). The minimum atomic E-state index is 0.108. The molecule has 1 atom stereocenters. The van der Waals surface area contributed by atoms with E-state index in [2.05, 4.69) is 22.6 Å². The number of likely N-dealkylation sites (tertiary alicyclic amines) is 1. The lowest BCUT2D eigenvalue weighted by Gasteiger charge is -2.28. The van der Waals surface area contributed by atoms with E-state index < -0.39 is 0 Å². The number of hydrogen-bond acceptors (Lipinski definition) is 3. The quantitative estimate of drug-likeness (QED) is 0.604. The SMILES string of the molecule is CN1CCC(NC(=O)N2CCNCC2)C1. The molecule has 0 aliphatic carbocycles. The fraction of sp³-hybridized carbons (Fsp3) is 0.900. The van der Waals surface area contributed by atoms with E-state index in [-0.39, 0.29) is 6.03 Å². The van der Waals surface area contributed by atoms with E-state index in [9.17, 15) is 4.79 Å². The van der Waals surface area contributed by atoms with Crippen molar-refractivity contribution in [3.05, 3.63) is 0 Å². The van der Waals surface area contributed by atoms with E-state index in [1.165, 1.54) is 0 Å². The Hall–Kier alpha value is -0.810. The molecule has 2 N–H and O–H groups in total. The van der Waals surface area contributed by atoms with Crippen LogP contribution in [-0.2, 0) is 0 Å². The van der Waals surface area contributed by atoms with Crippen LogP contribution < -0.4 is 10.6 Å². The molecule has 1 unspecified atom stereocenters. The number of amides is 2. The number of likely N-dealkylation sites (N-methyl/N-ethyl adjacent to an activating group) is 1. The molecule has 0 radical (unpaired) electrons. The van der Waals surface area contributed by atoms with Gasteiger partial charge in [-0.25, -0.2) is 4.79 Å². The zero-order valence-electron chi connectivity index (χ0n) is 9.33. The molecule has 15 heavy (non-hydrogen) atoms. The van der Waals surface area contributed by atoms with Gasteiger partial charge in [-0.05, 0) is 20.0 Å². The van der Waals surface area contributed by atoms with Crippen LogP contribution >= 0.6 is 0 Å². The molecule has 2 heterocycles. The van der Waals surface area contributed by atoms with E-state index in [1.54, 1.807) is 0 Å². The number of nitrogens with one attached hydrogen (secondary N) is 2. The summed E-state index contributed by atoms with van der Waals surface area (Å²) in [5.74, 6) is 0. The van der Waals surface area contributed by atoms with Crippen molar-refractivity contribution < 1.29 is 4.79 Å². The van der Waals surface area contributed by atoms with E-state index in [1.807, 2.05) is 4.90 Å². The van der Waals surface area contributed by atoms with E-state index in [0.29, 0.717) is 6.04 Å². The lowest BCUT2D eigenvalue weighted by molar-refractivity contribution is 0.186. The third kappa shape index (κ3) is 2.82. The third-order valence-corrected chi connectivity index (χ3v) is 3.12. The topological polar surface area (TPSA) is 47.6 Å². The van der Waals surface area contributed by atoms with Gasteiger partial charge in [-0.15, -0.1) is 0 Å². The van der Waals surface area contributed by atoms with Crippen LogP contribution in [0.2, 0.25) is 0 Å². The lowest BCUT2D eigenvalue weighted by Crippen LogP contribution is -2.52. The number of urea groups is 1. The van der Waals surface area contributed by atoms with Crippen molar-refractivity contribution in [2.75, 3.05) is 46.3 Å². The van der Waals surface area contributed by atoms with Gasteiger partial charge in [0.1, 0.15) is 0 Å². The largest absolute Gasteiger partial charge is 0.334 e. The molecule has 0 aromatic heterocycles. The molecule has 5 nitrogen and oxygen atoms in total. The Kier molecular flexibility index (Phi) is 3.43. The van der Waals surface area contributed by atoms with Crippen LogP contribution in [0.15, 0.2) is 0 Å². The summed E-state index contributed by atoms with van der Waals surface area (Å²) in [7, 11) is 2.09. The highest BCUT2D eigenvalue weighted by Gasteiger charge is 2.23. The summed E-state index contributed by atoms with van der Waals surface area (Å²) in [6.45, 7) is 5.56. The van der Waals surface area contributed by atoms with Crippen molar-refractivity contribution in [2.24, 2.45) is 0 Å². The highest BCUT2D eigenvalue weighted by molar-refractivity contribution is 5.74. The number of rotatable bonds is 1. The van der Waals surface area contributed by atoms with E-state index in [4.69, 9.17) is 0 Å². The predicted molar refractivity (Wildman–Crippen MR) is 58.9 cm³/mol. The molecule has 2 saturated heterocycles. The van der Waals surface area contributed by atoms with Crippen LogP contribution in [0.5, 0.6) is 0 Å². The Morgan fingerprint density at radius 1 is 1.33 bits per heavy atom. The van der Waals surface area contributed by atoms with E-state index >= 15 is 0 Å². The number of carbonyl (C=O) groups excluding carboxylic acids is 1. The first-order chi connectivity index (χ1) is 7.25. The summed E-state index contributed by atoms with van der Waals surface area (Å²) in [5, 5.41) is 6.34. The maximum Gasteiger partial charge on any atom is 0.317 e. The first-order valence-electron chi connectivity index (χ1n) is 5.70. The Morgan fingerprint density at radius 2 is 2.07 bits per heavy atom. The average Bonchev–Trinajstić information content (AvgIpc) is 2.65. The molecule has 0 saturated carbocycles. The zero-order chi connectivity index (χ0) is 10.7. The van der Waals surface area contributed by atoms with Gasteiger partial charge in [0.25, 0.3) is 0 Å². The van der Waals surface area contributed by atoms with Gasteiger partial charge in [0.05, 0.1) is 0 Å². The minimum absolute atomic E-state index is 0.108. The molecule has 86 valence electrons. The van der Waals surface area contributed by atoms with Crippen LogP contribution in [0.4, 0.5) is 4.79 Å². The second-order valence-electron chi connectivity index (χ2n) is 4.43. The van der Waals surface area contributed by atoms with Gasteiger partial charge >= 0.3 is 6.03 Å². The molecule has 2 aliphatic rings. The van der Waals surface area contributed by atoms with E-state index in [0.717, 1.165) is 45.7 Å². The Balaban J connectivity index is 1.76. The number of piperazine rings is 1. The van der Waals surface area contributed by atoms with Crippen LogP contribution in [-0.4, -0.2) is 68.2 Å².